The Hall–Kier alpha value is -1.82. The number of hydrogen-bond donors (Lipinski definition) is 2. The summed E-state index contributed by atoms with van der Waals surface area (Å²) in [5.74, 6) is 1.17. The number of carbonyl (C=O) groups is 1. The normalized spacial score (nSPS) is 10.9. The van der Waals surface area contributed by atoms with Crippen molar-refractivity contribution >= 4 is 36.4 Å². The van der Waals surface area contributed by atoms with E-state index in [0.717, 1.165) is 5.75 Å². The van der Waals surface area contributed by atoms with Gasteiger partial charge in [-0.3, -0.25) is 4.79 Å². The van der Waals surface area contributed by atoms with Crippen LogP contribution in [0.15, 0.2) is 36.5 Å². The number of anilines is 1. The van der Waals surface area contributed by atoms with Crippen molar-refractivity contribution in [3.63, 3.8) is 0 Å². The van der Waals surface area contributed by atoms with Crippen LogP contribution in [0.5, 0.6) is 11.6 Å². The first-order valence-corrected chi connectivity index (χ1v) is 7.70. The zero-order chi connectivity index (χ0) is 16.8. The van der Waals surface area contributed by atoms with Gasteiger partial charge in [0, 0.05) is 18.5 Å². The number of rotatable bonds is 6. The number of carbonyl (C=O) groups excluding carboxylic acids is 1. The molecule has 0 saturated heterocycles. The van der Waals surface area contributed by atoms with Crippen molar-refractivity contribution < 1.29 is 9.53 Å². The molecular formula is C18H25Cl2N3O2. The van der Waals surface area contributed by atoms with Gasteiger partial charge in [0.15, 0.2) is 0 Å². The van der Waals surface area contributed by atoms with Crippen LogP contribution in [-0.4, -0.2) is 16.9 Å². The van der Waals surface area contributed by atoms with E-state index in [1.54, 1.807) is 18.3 Å². The maximum absolute atomic E-state index is 11.7. The minimum Gasteiger partial charge on any atom is -0.439 e. The molecule has 0 bridgehead atoms. The molecule has 1 amide bonds. The summed E-state index contributed by atoms with van der Waals surface area (Å²) in [6, 6.07) is 9.42. The number of nitrogens with one attached hydrogen (secondary N) is 1. The molecule has 1 aromatic heterocycles. The van der Waals surface area contributed by atoms with Crippen molar-refractivity contribution in [3.05, 3.63) is 47.7 Å². The fourth-order valence-electron chi connectivity index (χ4n) is 2.00. The largest absolute Gasteiger partial charge is 0.439 e. The molecule has 1 aromatic carbocycles. The Balaban J connectivity index is 0.00000288. The molecule has 0 saturated carbocycles. The molecule has 25 heavy (non-hydrogen) atoms. The highest BCUT2D eigenvalue weighted by Crippen LogP contribution is 2.23. The average molecular weight is 386 g/mol. The molecule has 1 heterocycles. The number of hydrogen-bond acceptors (Lipinski definition) is 4. The van der Waals surface area contributed by atoms with Gasteiger partial charge >= 0.3 is 0 Å². The molecule has 0 aliphatic rings. The fraction of sp³-hybridized carbons (Fsp3) is 0.333. The lowest BCUT2D eigenvalue weighted by Gasteiger charge is -2.09. The first-order valence-electron chi connectivity index (χ1n) is 7.70. The summed E-state index contributed by atoms with van der Waals surface area (Å²) in [7, 11) is 0. The van der Waals surface area contributed by atoms with E-state index in [1.807, 2.05) is 32.0 Å². The summed E-state index contributed by atoms with van der Waals surface area (Å²) in [6.45, 7) is 5.98. The van der Waals surface area contributed by atoms with Crippen LogP contribution in [-0.2, 0) is 4.79 Å². The summed E-state index contributed by atoms with van der Waals surface area (Å²) < 4.78 is 5.71. The number of benzene rings is 1. The van der Waals surface area contributed by atoms with Crippen molar-refractivity contribution in [1.29, 1.82) is 0 Å². The molecular weight excluding hydrogens is 361 g/mol. The predicted molar refractivity (Wildman–Crippen MR) is 106 cm³/mol. The Morgan fingerprint density at radius 1 is 1.20 bits per heavy atom. The number of amides is 1. The molecule has 0 spiro atoms. The molecule has 0 aliphatic heterocycles. The third-order valence-corrected chi connectivity index (χ3v) is 3.55. The van der Waals surface area contributed by atoms with Gasteiger partial charge < -0.3 is 15.8 Å². The predicted octanol–water partition coefficient (Wildman–Crippen LogP) is 4.40. The molecule has 3 N–H and O–H groups in total. The van der Waals surface area contributed by atoms with Gasteiger partial charge in [-0.2, -0.15) is 0 Å². The van der Waals surface area contributed by atoms with Crippen LogP contribution >= 0.6 is 24.8 Å². The molecule has 2 aromatic rings. The quantitative estimate of drug-likeness (QED) is 0.772. The standard InChI is InChI=1S/C18H23N3O2.2ClH/c1-12-4-7-16(10-13(12)2)23-18-9-6-15(11-20-18)21-17(22)8-5-14(3)19;;/h4,6-7,9-11,14H,5,8,19H2,1-3H3,(H,21,22);2*1H. The van der Waals surface area contributed by atoms with Crippen LogP contribution in [0.25, 0.3) is 0 Å². The molecule has 0 aliphatic carbocycles. The summed E-state index contributed by atoms with van der Waals surface area (Å²) in [4.78, 5) is 15.9. The summed E-state index contributed by atoms with van der Waals surface area (Å²) in [5, 5.41) is 2.79. The van der Waals surface area contributed by atoms with Gasteiger partial charge in [0.25, 0.3) is 0 Å². The molecule has 0 radical (unpaired) electrons. The zero-order valence-corrected chi connectivity index (χ0v) is 16.2. The minimum atomic E-state index is -0.0630. The van der Waals surface area contributed by atoms with Gasteiger partial charge in [0.1, 0.15) is 5.75 Å². The number of nitrogens with zero attached hydrogens (tertiary/aromatic N) is 1. The van der Waals surface area contributed by atoms with E-state index in [4.69, 9.17) is 10.5 Å². The van der Waals surface area contributed by atoms with Gasteiger partial charge in [-0.05, 0) is 56.5 Å². The maximum atomic E-state index is 11.7. The van der Waals surface area contributed by atoms with Crippen LogP contribution in [0.1, 0.15) is 30.9 Å². The second-order valence-electron chi connectivity index (χ2n) is 5.80. The van der Waals surface area contributed by atoms with Crippen LogP contribution < -0.4 is 15.8 Å². The van der Waals surface area contributed by atoms with Gasteiger partial charge in [0.05, 0.1) is 11.9 Å². The number of halogens is 2. The zero-order valence-electron chi connectivity index (χ0n) is 14.6. The molecule has 0 fully saturated rings. The van der Waals surface area contributed by atoms with Gasteiger partial charge in [0.2, 0.25) is 11.8 Å². The lowest BCUT2D eigenvalue weighted by Crippen LogP contribution is -2.19. The fourth-order valence-corrected chi connectivity index (χ4v) is 2.00. The van der Waals surface area contributed by atoms with E-state index in [9.17, 15) is 4.79 Å². The van der Waals surface area contributed by atoms with Crippen molar-refractivity contribution in [2.75, 3.05) is 5.32 Å². The minimum absolute atomic E-state index is 0. The monoisotopic (exact) mass is 385 g/mol. The Morgan fingerprint density at radius 2 is 1.92 bits per heavy atom. The SMILES string of the molecule is Cc1ccc(Oc2ccc(NC(=O)CCC(C)N)cn2)cc1C.Cl.Cl. The second-order valence-corrected chi connectivity index (χ2v) is 5.80. The van der Waals surface area contributed by atoms with E-state index in [1.165, 1.54) is 11.1 Å². The molecule has 138 valence electrons. The van der Waals surface area contributed by atoms with E-state index < -0.39 is 0 Å². The molecule has 1 atom stereocenters. The summed E-state index contributed by atoms with van der Waals surface area (Å²) in [5.41, 5.74) is 8.67. The Morgan fingerprint density at radius 3 is 2.48 bits per heavy atom. The van der Waals surface area contributed by atoms with E-state index in [0.29, 0.717) is 24.4 Å². The first kappa shape index (κ1) is 23.2. The summed E-state index contributed by atoms with van der Waals surface area (Å²) >= 11 is 0. The van der Waals surface area contributed by atoms with E-state index in [-0.39, 0.29) is 36.8 Å². The number of ether oxygens (including phenoxy) is 1. The molecule has 1 unspecified atom stereocenters. The van der Waals surface area contributed by atoms with Crippen LogP contribution in [0, 0.1) is 13.8 Å². The van der Waals surface area contributed by atoms with Crippen LogP contribution in [0.4, 0.5) is 5.69 Å². The number of aryl methyl sites for hydroxylation is 2. The molecule has 2 rings (SSSR count). The maximum Gasteiger partial charge on any atom is 0.224 e. The topological polar surface area (TPSA) is 77.2 Å². The average Bonchev–Trinajstić information content (AvgIpc) is 2.51. The van der Waals surface area contributed by atoms with Gasteiger partial charge in [-0.25, -0.2) is 4.98 Å². The van der Waals surface area contributed by atoms with Crippen molar-refractivity contribution in [1.82, 2.24) is 4.98 Å². The second kappa shape index (κ2) is 10.9. The van der Waals surface area contributed by atoms with E-state index >= 15 is 0 Å². The van der Waals surface area contributed by atoms with Crippen molar-refractivity contribution in [2.24, 2.45) is 5.73 Å². The number of aromatic nitrogens is 1. The van der Waals surface area contributed by atoms with Crippen molar-refractivity contribution in [3.8, 4) is 11.6 Å². The third kappa shape index (κ3) is 7.73. The smallest absolute Gasteiger partial charge is 0.224 e. The summed E-state index contributed by atoms with van der Waals surface area (Å²) in [6.07, 6.45) is 2.64. The van der Waals surface area contributed by atoms with Crippen LogP contribution in [0.2, 0.25) is 0 Å². The Bertz CT molecular complexity index is 677. The number of nitrogens with two attached hydrogens (primary N) is 1. The van der Waals surface area contributed by atoms with Gasteiger partial charge in [-0.15, -0.1) is 24.8 Å². The molecule has 7 heteroatoms. The highest BCUT2D eigenvalue weighted by atomic mass is 35.5. The lowest BCUT2D eigenvalue weighted by atomic mass is 10.1. The highest BCUT2D eigenvalue weighted by Gasteiger charge is 2.06. The van der Waals surface area contributed by atoms with Gasteiger partial charge in [-0.1, -0.05) is 6.07 Å². The third-order valence-electron chi connectivity index (χ3n) is 3.55. The van der Waals surface area contributed by atoms with Crippen molar-refractivity contribution in [2.45, 2.75) is 39.7 Å². The molecule has 5 nitrogen and oxygen atoms in total. The Labute approximate surface area is 161 Å². The first-order chi connectivity index (χ1) is 10.9. The number of pyridine rings is 1. The van der Waals surface area contributed by atoms with E-state index in [2.05, 4.69) is 17.2 Å². The Kier molecular flexibility index (Phi) is 10.1. The lowest BCUT2D eigenvalue weighted by molar-refractivity contribution is -0.116. The van der Waals surface area contributed by atoms with Crippen LogP contribution in [0.3, 0.4) is 0 Å². The highest BCUT2D eigenvalue weighted by molar-refractivity contribution is 5.90.